The summed E-state index contributed by atoms with van der Waals surface area (Å²) < 4.78 is 18.5. The lowest BCUT2D eigenvalue weighted by Gasteiger charge is -2.07. The average molecular weight is 290 g/mol. The van der Waals surface area contributed by atoms with Crippen LogP contribution in [0.15, 0.2) is 18.2 Å². The number of nitrogen functional groups attached to an aromatic ring is 1. The molecule has 0 atom stereocenters. The number of halogens is 1. The summed E-state index contributed by atoms with van der Waals surface area (Å²) in [7, 11) is 1.43. The number of methoxy groups -OCH3 is 1. The second-order valence-electron chi connectivity index (χ2n) is 4.36. The molecule has 0 bridgehead atoms. The van der Waals surface area contributed by atoms with Crippen molar-refractivity contribution in [3.8, 4) is 22.3 Å². The second-order valence-corrected chi connectivity index (χ2v) is 5.38. The van der Waals surface area contributed by atoms with Crippen LogP contribution in [0.5, 0.6) is 5.75 Å². The molecule has 2 rings (SSSR count). The van der Waals surface area contributed by atoms with Gasteiger partial charge < -0.3 is 10.5 Å². The third-order valence-electron chi connectivity index (χ3n) is 3.06. The molecule has 0 radical (unpaired) electrons. The van der Waals surface area contributed by atoms with Crippen molar-refractivity contribution in [2.24, 2.45) is 0 Å². The Kier molecular flexibility index (Phi) is 4.26. The Balaban J connectivity index is 2.60. The number of anilines is 1. The normalized spacial score (nSPS) is 10.3. The molecule has 0 unspecified atom stereocenters. The molecule has 5 heteroatoms. The van der Waals surface area contributed by atoms with Crippen LogP contribution in [0.1, 0.15) is 23.8 Å². The number of nitrogens with zero attached hydrogens (tertiary/aromatic N) is 1. The van der Waals surface area contributed by atoms with Crippen LogP contribution in [0, 0.1) is 17.1 Å². The van der Waals surface area contributed by atoms with E-state index < -0.39 is 5.82 Å². The number of hydrogen-bond donors (Lipinski definition) is 1. The van der Waals surface area contributed by atoms with Gasteiger partial charge in [0.2, 0.25) is 0 Å². The van der Waals surface area contributed by atoms with E-state index in [0.29, 0.717) is 10.6 Å². The largest absolute Gasteiger partial charge is 0.494 e. The van der Waals surface area contributed by atoms with Gasteiger partial charge in [0.25, 0.3) is 0 Å². The minimum Gasteiger partial charge on any atom is -0.494 e. The number of nitriles is 1. The Morgan fingerprint density at radius 2 is 2.20 bits per heavy atom. The third kappa shape index (κ3) is 2.47. The van der Waals surface area contributed by atoms with Crippen molar-refractivity contribution in [2.45, 2.75) is 19.8 Å². The van der Waals surface area contributed by atoms with Gasteiger partial charge in [0, 0.05) is 4.88 Å². The first kappa shape index (κ1) is 14.4. The number of nitrogens with two attached hydrogens (primary N) is 1. The van der Waals surface area contributed by atoms with Crippen LogP contribution in [0.2, 0.25) is 0 Å². The zero-order valence-electron chi connectivity index (χ0n) is 11.4. The minimum atomic E-state index is -0.404. The molecule has 1 aromatic heterocycles. The second kappa shape index (κ2) is 5.93. The third-order valence-corrected chi connectivity index (χ3v) is 4.26. The summed E-state index contributed by atoms with van der Waals surface area (Å²) in [6, 6.07) is 6.80. The number of hydrogen-bond acceptors (Lipinski definition) is 4. The predicted molar refractivity (Wildman–Crippen MR) is 79.4 cm³/mol. The molecule has 0 saturated heterocycles. The molecule has 20 heavy (non-hydrogen) atoms. The summed E-state index contributed by atoms with van der Waals surface area (Å²) in [5.74, 6) is -0.214. The van der Waals surface area contributed by atoms with Gasteiger partial charge in [0.05, 0.1) is 12.8 Å². The van der Waals surface area contributed by atoms with E-state index in [2.05, 4.69) is 13.0 Å². The van der Waals surface area contributed by atoms with E-state index in [1.165, 1.54) is 24.5 Å². The molecule has 1 aromatic carbocycles. The summed E-state index contributed by atoms with van der Waals surface area (Å²) in [6.07, 6.45) is 1.72. The standard InChI is InChI=1S/C15H15FN2OS/c1-3-4-10-14(18)13(8-17)20-15(10)9-5-6-11(16)12(7-9)19-2/h5-7H,3-4,18H2,1-2H3. The van der Waals surface area contributed by atoms with Gasteiger partial charge in [-0.25, -0.2) is 4.39 Å². The predicted octanol–water partition coefficient (Wildman–Crippen LogP) is 3.97. The molecule has 0 aliphatic rings. The molecule has 0 aliphatic carbocycles. The van der Waals surface area contributed by atoms with E-state index in [1.54, 1.807) is 12.1 Å². The van der Waals surface area contributed by atoms with Gasteiger partial charge in [-0.3, -0.25) is 0 Å². The first-order valence-corrected chi connectivity index (χ1v) is 7.09. The number of ether oxygens (including phenoxy) is 1. The first-order valence-electron chi connectivity index (χ1n) is 6.27. The highest BCUT2D eigenvalue weighted by molar-refractivity contribution is 7.16. The summed E-state index contributed by atoms with van der Waals surface area (Å²) in [4.78, 5) is 1.42. The molecule has 0 spiro atoms. The van der Waals surface area contributed by atoms with E-state index >= 15 is 0 Å². The maximum Gasteiger partial charge on any atom is 0.165 e. The molecule has 1 heterocycles. The molecule has 0 aliphatic heterocycles. The molecule has 0 fully saturated rings. The maximum atomic E-state index is 13.5. The number of benzene rings is 1. The highest BCUT2D eigenvalue weighted by Crippen LogP contribution is 2.40. The fourth-order valence-corrected chi connectivity index (χ4v) is 3.16. The maximum absolute atomic E-state index is 13.5. The summed E-state index contributed by atoms with van der Waals surface area (Å²) >= 11 is 1.34. The van der Waals surface area contributed by atoms with Gasteiger partial charge in [-0.05, 0) is 29.7 Å². The molecule has 2 N–H and O–H groups in total. The smallest absolute Gasteiger partial charge is 0.165 e. The van der Waals surface area contributed by atoms with Crippen molar-refractivity contribution in [1.82, 2.24) is 0 Å². The van der Waals surface area contributed by atoms with Crippen molar-refractivity contribution in [3.05, 3.63) is 34.5 Å². The van der Waals surface area contributed by atoms with Gasteiger partial charge in [0.15, 0.2) is 11.6 Å². The highest BCUT2D eigenvalue weighted by Gasteiger charge is 2.17. The van der Waals surface area contributed by atoms with Crippen molar-refractivity contribution in [2.75, 3.05) is 12.8 Å². The topological polar surface area (TPSA) is 59.0 Å². The lowest BCUT2D eigenvalue weighted by molar-refractivity contribution is 0.387. The van der Waals surface area contributed by atoms with E-state index in [1.807, 2.05) is 0 Å². The zero-order chi connectivity index (χ0) is 14.7. The van der Waals surface area contributed by atoms with E-state index in [0.717, 1.165) is 28.8 Å². The van der Waals surface area contributed by atoms with Crippen LogP contribution in [0.25, 0.3) is 10.4 Å². The van der Waals surface area contributed by atoms with Gasteiger partial charge in [0.1, 0.15) is 10.9 Å². The van der Waals surface area contributed by atoms with Crippen LogP contribution in [0.3, 0.4) is 0 Å². The SMILES string of the molecule is CCCc1c(-c2ccc(F)c(OC)c2)sc(C#N)c1N. The van der Waals surface area contributed by atoms with Crippen LogP contribution >= 0.6 is 11.3 Å². The van der Waals surface area contributed by atoms with Crippen molar-refractivity contribution >= 4 is 17.0 Å². The Morgan fingerprint density at radius 1 is 1.45 bits per heavy atom. The van der Waals surface area contributed by atoms with E-state index in [4.69, 9.17) is 15.7 Å². The highest BCUT2D eigenvalue weighted by atomic mass is 32.1. The molecule has 0 amide bonds. The molecule has 0 saturated carbocycles. The Morgan fingerprint density at radius 3 is 2.80 bits per heavy atom. The average Bonchev–Trinajstić information content (AvgIpc) is 2.77. The van der Waals surface area contributed by atoms with Crippen molar-refractivity contribution in [3.63, 3.8) is 0 Å². The van der Waals surface area contributed by atoms with Gasteiger partial charge in [-0.15, -0.1) is 11.3 Å². The summed E-state index contributed by atoms with van der Waals surface area (Å²) in [5.41, 5.74) is 8.35. The van der Waals surface area contributed by atoms with Gasteiger partial charge in [-0.1, -0.05) is 19.4 Å². The molecular weight excluding hydrogens is 275 g/mol. The first-order chi connectivity index (χ1) is 9.62. The van der Waals surface area contributed by atoms with Crippen LogP contribution < -0.4 is 10.5 Å². The molecule has 104 valence electrons. The van der Waals surface area contributed by atoms with Crippen LogP contribution in [-0.2, 0) is 6.42 Å². The number of thiophene rings is 1. The molecule has 2 aromatic rings. The molecular formula is C15H15FN2OS. The van der Waals surface area contributed by atoms with Crippen molar-refractivity contribution in [1.29, 1.82) is 5.26 Å². The van der Waals surface area contributed by atoms with Gasteiger partial charge in [-0.2, -0.15) is 5.26 Å². The van der Waals surface area contributed by atoms with Crippen LogP contribution in [0.4, 0.5) is 10.1 Å². The fourth-order valence-electron chi connectivity index (χ4n) is 2.09. The van der Waals surface area contributed by atoms with Gasteiger partial charge >= 0.3 is 0 Å². The quantitative estimate of drug-likeness (QED) is 0.926. The Hall–Kier alpha value is -2.06. The summed E-state index contributed by atoms with van der Waals surface area (Å²) in [5, 5.41) is 9.11. The lowest BCUT2D eigenvalue weighted by atomic mass is 10.0. The zero-order valence-corrected chi connectivity index (χ0v) is 12.2. The van der Waals surface area contributed by atoms with E-state index in [9.17, 15) is 4.39 Å². The Bertz CT molecular complexity index is 673. The Labute approximate surface area is 121 Å². The monoisotopic (exact) mass is 290 g/mol. The number of rotatable bonds is 4. The lowest BCUT2D eigenvalue weighted by Crippen LogP contribution is -1.94. The summed E-state index contributed by atoms with van der Waals surface area (Å²) in [6.45, 7) is 2.05. The van der Waals surface area contributed by atoms with E-state index in [-0.39, 0.29) is 5.75 Å². The van der Waals surface area contributed by atoms with Crippen molar-refractivity contribution < 1.29 is 9.13 Å². The van der Waals surface area contributed by atoms with Crippen LogP contribution in [-0.4, -0.2) is 7.11 Å². The molecule has 3 nitrogen and oxygen atoms in total. The fraction of sp³-hybridized carbons (Fsp3) is 0.267. The minimum absolute atomic E-state index is 0.190.